The Hall–Kier alpha value is -2.05. The minimum atomic E-state index is -4.40. The molecule has 0 unspecified atom stereocenters. The molecule has 0 N–H and O–H groups in total. The van der Waals surface area contributed by atoms with Gasteiger partial charge in [-0.1, -0.05) is 0 Å². The SMILES string of the molecule is O=c1ocnn1-c1ccc(C(F)(F)F)cc1. The van der Waals surface area contributed by atoms with E-state index in [1.807, 2.05) is 0 Å². The molecular formula is C9H5F3N2O2. The smallest absolute Gasteiger partial charge is 0.395 e. The second-order valence-corrected chi connectivity index (χ2v) is 2.96. The van der Waals surface area contributed by atoms with E-state index in [9.17, 15) is 18.0 Å². The van der Waals surface area contributed by atoms with Crippen LogP contribution in [0.25, 0.3) is 5.69 Å². The van der Waals surface area contributed by atoms with Crippen LogP contribution in [0.2, 0.25) is 0 Å². The van der Waals surface area contributed by atoms with Gasteiger partial charge >= 0.3 is 11.9 Å². The van der Waals surface area contributed by atoms with Crippen LogP contribution in [-0.4, -0.2) is 9.78 Å². The third-order valence-electron chi connectivity index (χ3n) is 1.93. The van der Waals surface area contributed by atoms with Gasteiger partial charge in [-0.15, -0.1) is 5.10 Å². The van der Waals surface area contributed by atoms with Crippen molar-refractivity contribution in [1.29, 1.82) is 0 Å². The van der Waals surface area contributed by atoms with E-state index in [4.69, 9.17) is 0 Å². The third kappa shape index (κ3) is 1.83. The summed E-state index contributed by atoms with van der Waals surface area (Å²) in [6, 6.07) is 4.03. The first kappa shape index (κ1) is 10.5. The lowest BCUT2D eigenvalue weighted by molar-refractivity contribution is -0.137. The molecule has 0 saturated carbocycles. The van der Waals surface area contributed by atoms with Crippen LogP contribution >= 0.6 is 0 Å². The first-order chi connectivity index (χ1) is 7.48. The fraction of sp³-hybridized carbons (Fsp3) is 0.111. The zero-order valence-corrected chi connectivity index (χ0v) is 7.73. The Labute approximate surface area is 86.9 Å². The van der Waals surface area contributed by atoms with Crippen molar-refractivity contribution < 1.29 is 17.6 Å². The Morgan fingerprint density at radius 3 is 2.25 bits per heavy atom. The summed E-state index contributed by atoms with van der Waals surface area (Å²) in [6.07, 6.45) is -3.48. The topological polar surface area (TPSA) is 48.0 Å². The van der Waals surface area contributed by atoms with Crippen molar-refractivity contribution in [2.75, 3.05) is 0 Å². The highest BCUT2D eigenvalue weighted by Crippen LogP contribution is 2.29. The van der Waals surface area contributed by atoms with Crippen LogP contribution in [0.5, 0.6) is 0 Å². The molecule has 4 nitrogen and oxygen atoms in total. The molecule has 0 aliphatic heterocycles. The highest BCUT2D eigenvalue weighted by atomic mass is 19.4. The standard InChI is InChI=1S/C9H5F3N2O2/c10-9(11,12)6-1-3-7(4-2-6)14-8(15)16-5-13-14/h1-5H. The number of alkyl halides is 3. The number of nitrogens with zero attached hydrogens (tertiary/aromatic N) is 2. The Bertz CT molecular complexity index is 539. The molecule has 2 aromatic rings. The van der Waals surface area contributed by atoms with Crippen molar-refractivity contribution >= 4 is 0 Å². The molecule has 7 heteroatoms. The molecule has 0 atom stereocenters. The molecule has 0 fully saturated rings. The van der Waals surface area contributed by atoms with Gasteiger partial charge in [0.15, 0.2) is 0 Å². The molecule has 1 heterocycles. The van der Waals surface area contributed by atoms with Gasteiger partial charge in [0.25, 0.3) is 0 Å². The zero-order chi connectivity index (χ0) is 11.8. The van der Waals surface area contributed by atoms with Crippen LogP contribution in [0.3, 0.4) is 0 Å². The van der Waals surface area contributed by atoms with E-state index in [1.165, 1.54) is 0 Å². The Morgan fingerprint density at radius 1 is 1.19 bits per heavy atom. The minimum Gasteiger partial charge on any atom is -0.395 e. The van der Waals surface area contributed by atoms with Gasteiger partial charge in [0.05, 0.1) is 11.3 Å². The van der Waals surface area contributed by atoms with Crippen molar-refractivity contribution in [3.63, 3.8) is 0 Å². The summed E-state index contributed by atoms with van der Waals surface area (Å²) in [6.45, 7) is 0. The van der Waals surface area contributed by atoms with Crippen molar-refractivity contribution in [1.82, 2.24) is 9.78 Å². The number of halogens is 3. The molecule has 1 aromatic heterocycles. The summed E-state index contributed by atoms with van der Waals surface area (Å²) in [5.74, 6) is -0.750. The molecule has 0 bridgehead atoms. The van der Waals surface area contributed by atoms with Gasteiger partial charge < -0.3 is 4.42 Å². The van der Waals surface area contributed by atoms with Gasteiger partial charge in [-0.25, -0.2) is 4.79 Å². The van der Waals surface area contributed by atoms with E-state index in [0.717, 1.165) is 35.3 Å². The summed E-state index contributed by atoms with van der Waals surface area (Å²) >= 11 is 0. The number of hydrogen-bond donors (Lipinski definition) is 0. The van der Waals surface area contributed by atoms with Gasteiger partial charge in [-0.05, 0) is 24.3 Å². The first-order valence-electron chi connectivity index (χ1n) is 4.19. The van der Waals surface area contributed by atoms with Crippen molar-refractivity contribution in [3.05, 3.63) is 46.8 Å². The monoisotopic (exact) mass is 230 g/mol. The summed E-state index contributed by atoms with van der Waals surface area (Å²) in [5.41, 5.74) is -0.570. The summed E-state index contributed by atoms with van der Waals surface area (Å²) in [4.78, 5) is 11.0. The lowest BCUT2D eigenvalue weighted by Gasteiger charge is -2.06. The van der Waals surface area contributed by atoms with E-state index in [1.54, 1.807) is 0 Å². The second-order valence-electron chi connectivity index (χ2n) is 2.96. The van der Waals surface area contributed by atoms with Gasteiger partial charge in [0.1, 0.15) is 0 Å². The predicted molar refractivity (Wildman–Crippen MR) is 47.1 cm³/mol. The van der Waals surface area contributed by atoms with Crippen LogP contribution in [0, 0.1) is 0 Å². The summed E-state index contributed by atoms with van der Waals surface area (Å²) in [7, 11) is 0. The van der Waals surface area contributed by atoms with E-state index >= 15 is 0 Å². The van der Waals surface area contributed by atoms with Crippen molar-refractivity contribution in [2.45, 2.75) is 6.18 Å². The molecule has 0 saturated heterocycles. The van der Waals surface area contributed by atoms with Crippen molar-refractivity contribution in [2.24, 2.45) is 0 Å². The average molecular weight is 230 g/mol. The second kappa shape index (κ2) is 3.51. The molecule has 2 rings (SSSR count). The Kier molecular flexibility index (Phi) is 2.30. The Balaban J connectivity index is 2.41. The van der Waals surface area contributed by atoms with Crippen molar-refractivity contribution in [3.8, 4) is 5.69 Å². The number of hydrogen-bond acceptors (Lipinski definition) is 3. The molecule has 1 aromatic carbocycles. The fourth-order valence-corrected chi connectivity index (χ4v) is 1.18. The molecule has 0 amide bonds. The van der Waals surface area contributed by atoms with Gasteiger partial charge in [-0.3, -0.25) is 0 Å². The maximum Gasteiger partial charge on any atom is 0.441 e. The van der Waals surface area contributed by atoms with Crippen LogP contribution in [-0.2, 0) is 6.18 Å². The Morgan fingerprint density at radius 2 is 1.81 bits per heavy atom. The minimum absolute atomic E-state index is 0.215. The molecule has 0 aliphatic carbocycles. The molecular weight excluding hydrogens is 225 g/mol. The molecule has 0 radical (unpaired) electrons. The number of benzene rings is 1. The van der Waals surface area contributed by atoms with Crippen LogP contribution in [0.15, 0.2) is 39.9 Å². The number of rotatable bonds is 1. The quantitative estimate of drug-likeness (QED) is 0.751. The van der Waals surface area contributed by atoms with Crippen LogP contribution in [0.4, 0.5) is 13.2 Å². The molecule has 16 heavy (non-hydrogen) atoms. The van der Waals surface area contributed by atoms with Gasteiger partial charge in [-0.2, -0.15) is 17.9 Å². The predicted octanol–water partition coefficient (Wildman–Crippen LogP) is 1.84. The molecule has 0 spiro atoms. The number of aromatic nitrogens is 2. The summed E-state index contributed by atoms with van der Waals surface area (Å²) < 4.78 is 42.0. The maximum atomic E-state index is 12.2. The highest BCUT2D eigenvalue weighted by Gasteiger charge is 2.30. The van der Waals surface area contributed by atoms with E-state index in [0.29, 0.717) is 0 Å². The maximum absolute atomic E-state index is 12.2. The summed E-state index contributed by atoms with van der Waals surface area (Å²) in [5, 5.41) is 3.53. The van der Waals surface area contributed by atoms with Crippen LogP contribution in [0.1, 0.15) is 5.56 Å². The molecule has 84 valence electrons. The van der Waals surface area contributed by atoms with E-state index in [-0.39, 0.29) is 5.69 Å². The lowest BCUT2D eigenvalue weighted by Crippen LogP contribution is -2.13. The first-order valence-corrected chi connectivity index (χ1v) is 4.19. The van der Waals surface area contributed by atoms with E-state index < -0.39 is 17.5 Å². The van der Waals surface area contributed by atoms with Crippen LogP contribution < -0.4 is 5.76 Å². The normalized spacial score (nSPS) is 11.7. The third-order valence-corrected chi connectivity index (χ3v) is 1.93. The zero-order valence-electron chi connectivity index (χ0n) is 7.73. The molecule has 0 aliphatic rings. The van der Waals surface area contributed by atoms with Gasteiger partial charge in [0.2, 0.25) is 6.39 Å². The fourth-order valence-electron chi connectivity index (χ4n) is 1.18. The average Bonchev–Trinajstić information content (AvgIpc) is 2.63. The van der Waals surface area contributed by atoms with E-state index in [2.05, 4.69) is 9.52 Å². The lowest BCUT2D eigenvalue weighted by atomic mass is 10.2. The highest BCUT2D eigenvalue weighted by molar-refractivity contribution is 5.34. The largest absolute Gasteiger partial charge is 0.441 e. The van der Waals surface area contributed by atoms with Gasteiger partial charge in [0, 0.05) is 0 Å².